The average molecular weight is 377 g/mol. The van der Waals surface area contributed by atoms with Crippen LogP contribution in [0.1, 0.15) is 11.1 Å². The second-order valence-corrected chi connectivity index (χ2v) is 6.87. The van der Waals surface area contributed by atoms with Gasteiger partial charge in [-0.1, -0.05) is 48.0 Å². The van der Waals surface area contributed by atoms with Gasteiger partial charge in [0.25, 0.3) is 0 Å². The van der Waals surface area contributed by atoms with Crippen molar-refractivity contribution in [1.82, 2.24) is 10.3 Å². The molecule has 4 aromatic rings. The predicted octanol–water partition coefficient (Wildman–Crippen LogP) is 5.95. The van der Waals surface area contributed by atoms with Crippen LogP contribution in [0.15, 0.2) is 79.0 Å². The number of para-hydroxylation sites is 1. The van der Waals surface area contributed by atoms with Gasteiger partial charge in [-0.05, 0) is 60.5 Å². The van der Waals surface area contributed by atoms with Crippen LogP contribution in [0.5, 0.6) is 11.5 Å². The molecule has 0 spiro atoms. The van der Waals surface area contributed by atoms with Crippen LogP contribution in [0.2, 0.25) is 5.02 Å². The maximum Gasteiger partial charge on any atom is 0.127 e. The van der Waals surface area contributed by atoms with Gasteiger partial charge in [-0.2, -0.15) is 0 Å². The molecule has 3 aromatic carbocycles. The molecular formula is C23H21ClN2O. The first-order valence-electron chi connectivity index (χ1n) is 9.06. The van der Waals surface area contributed by atoms with E-state index in [1.807, 2.05) is 60.8 Å². The third kappa shape index (κ3) is 4.33. The van der Waals surface area contributed by atoms with Crippen LogP contribution in [0.25, 0.3) is 10.9 Å². The summed E-state index contributed by atoms with van der Waals surface area (Å²) in [4.78, 5) is 3.29. The minimum absolute atomic E-state index is 0.794. The molecule has 0 fully saturated rings. The van der Waals surface area contributed by atoms with E-state index in [2.05, 4.69) is 28.5 Å². The molecule has 0 atom stereocenters. The van der Waals surface area contributed by atoms with Gasteiger partial charge in [-0.15, -0.1) is 0 Å². The van der Waals surface area contributed by atoms with Gasteiger partial charge >= 0.3 is 0 Å². The Balaban J connectivity index is 1.33. The number of benzene rings is 3. The normalized spacial score (nSPS) is 11.0. The molecule has 2 N–H and O–H groups in total. The summed E-state index contributed by atoms with van der Waals surface area (Å²) in [5.74, 6) is 1.70. The SMILES string of the molecule is Clc1cccc2[nH]cc(CCNCc3cccc(Oc4ccccc4)c3)c12. The Labute approximate surface area is 163 Å². The standard InChI is InChI=1S/C23H21ClN2O/c24-21-10-5-11-22-23(21)18(16-26-22)12-13-25-15-17-6-4-9-20(14-17)27-19-7-2-1-3-8-19/h1-11,14,16,25-26H,12-13,15H2. The van der Waals surface area contributed by atoms with Crippen LogP contribution in [-0.2, 0) is 13.0 Å². The maximum atomic E-state index is 6.34. The van der Waals surface area contributed by atoms with Crippen LogP contribution in [0.3, 0.4) is 0 Å². The van der Waals surface area contributed by atoms with Gasteiger partial charge in [-0.25, -0.2) is 0 Å². The van der Waals surface area contributed by atoms with Crippen molar-refractivity contribution in [3.63, 3.8) is 0 Å². The van der Waals surface area contributed by atoms with Crippen molar-refractivity contribution in [2.75, 3.05) is 6.54 Å². The van der Waals surface area contributed by atoms with Gasteiger partial charge in [0.2, 0.25) is 0 Å². The molecule has 4 rings (SSSR count). The molecule has 3 nitrogen and oxygen atoms in total. The molecule has 4 heteroatoms. The smallest absolute Gasteiger partial charge is 0.127 e. The minimum Gasteiger partial charge on any atom is -0.457 e. The van der Waals surface area contributed by atoms with Crippen molar-refractivity contribution < 1.29 is 4.74 Å². The number of aromatic amines is 1. The second kappa shape index (κ2) is 8.30. The Morgan fingerprint density at radius 1 is 0.889 bits per heavy atom. The monoisotopic (exact) mass is 376 g/mol. The first kappa shape index (κ1) is 17.7. The Kier molecular flexibility index (Phi) is 5.42. The molecule has 136 valence electrons. The van der Waals surface area contributed by atoms with E-state index in [-0.39, 0.29) is 0 Å². The van der Waals surface area contributed by atoms with Gasteiger partial charge < -0.3 is 15.0 Å². The third-order valence-electron chi connectivity index (χ3n) is 4.51. The number of H-pyrrole nitrogens is 1. The van der Waals surface area contributed by atoms with Crippen LogP contribution in [-0.4, -0.2) is 11.5 Å². The number of aromatic nitrogens is 1. The van der Waals surface area contributed by atoms with Gasteiger partial charge in [0, 0.05) is 23.6 Å². The molecule has 0 aliphatic rings. The molecule has 0 saturated heterocycles. The van der Waals surface area contributed by atoms with E-state index in [1.54, 1.807) is 0 Å². The van der Waals surface area contributed by atoms with Crippen LogP contribution >= 0.6 is 11.6 Å². The lowest BCUT2D eigenvalue weighted by molar-refractivity contribution is 0.481. The number of ether oxygens (including phenoxy) is 1. The van der Waals surface area contributed by atoms with Gasteiger partial charge in [0.15, 0.2) is 0 Å². The summed E-state index contributed by atoms with van der Waals surface area (Å²) < 4.78 is 5.90. The highest BCUT2D eigenvalue weighted by atomic mass is 35.5. The fraction of sp³-hybridized carbons (Fsp3) is 0.130. The molecule has 0 amide bonds. The average Bonchev–Trinajstić information content (AvgIpc) is 3.11. The maximum absolute atomic E-state index is 6.34. The molecule has 1 aromatic heterocycles. The van der Waals surface area contributed by atoms with E-state index in [1.165, 1.54) is 11.1 Å². The third-order valence-corrected chi connectivity index (χ3v) is 4.83. The number of nitrogens with one attached hydrogen (secondary N) is 2. The van der Waals surface area contributed by atoms with E-state index >= 15 is 0 Å². The summed E-state index contributed by atoms with van der Waals surface area (Å²) >= 11 is 6.34. The van der Waals surface area contributed by atoms with E-state index in [4.69, 9.17) is 16.3 Å². The van der Waals surface area contributed by atoms with Crippen molar-refractivity contribution in [3.8, 4) is 11.5 Å². The van der Waals surface area contributed by atoms with Gasteiger partial charge in [0.1, 0.15) is 11.5 Å². The first-order valence-corrected chi connectivity index (χ1v) is 9.44. The summed E-state index contributed by atoms with van der Waals surface area (Å²) in [6.07, 6.45) is 2.97. The number of fused-ring (bicyclic) bond motifs is 1. The summed E-state index contributed by atoms with van der Waals surface area (Å²) in [5, 5.41) is 5.43. The molecular weight excluding hydrogens is 356 g/mol. The first-order chi connectivity index (χ1) is 13.3. The lowest BCUT2D eigenvalue weighted by Gasteiger charge is -2.09. The molecule has 0 aliphatic carbocycles. The van der Waals surface area contributed by atoms with Crippen LogP contribution < -0.4 is 10.1 Å². The number of hydrogen-bond donors (Lipinski definition) is 2. The Morgan fingerprint density at radius 2 is 1.70 bits per heavy atom. The van der Waals surface area contributed by atoms with E-state index < -0.39 is 0 Å². The molecule has 27 heavy (non-hydrogen) atoms. The Bertz CT molecular complexity index is 1030. The highest BCUT2D eigenvalue weighted by molar-refractivity contribution is 6.35. The van der Waals surface area contributed by atoms with Crippen molar-refractivity contribution >= 4 is 22.5 Å². The van der Waals surface area contributed by atoms with E-state index in [0.29, 0.717) is 0 Å². The fourth-order valence-electron chi connectivity index (χ4n) is 3.20. The zero-order valence-electron chi connectivity index (χ0n) is 14.9. The Morgan fingerprint density at radius 3 is 2.59 bits per heavy atom. The quantitative estimate of drug-likeness (QED) is 0.391. The number of rotatable bonds is 7. The lowest BCUT2D eigenvalue weighted by atomic mass is 10.1. The van der Waals surface area contributed by atoms with Crippen molar-refractivity contribution in [1.29, 1.82) is 0 Å². The van der Waals surface area contributed by atoms with Crippen molar-refractivity contribution in [2.45, 2.75) is 13.0 Å². The lowest BCUT2D eigenvalue weighted by Crippen LogP contribution is -2.16. The van der Waals surface area contributed by atoms with Crippen molar-refractivity contribution in [2.24, 2.45) is 0 Å². The van der Waals surface area contributed by atoms with E-state index in [0.717, 1.165) is 46.9 Å². The highest BCUT2D eigenvalue weighted by Crippen LogP contribution is 2.26. The summed E-state index contributed by atoms with van der Waals surface area (Å²) in [6.45, 7) is 1.67. The Hall–Kier alpha value is -2.75. The van der Waals surface area contributed by atoms with Crippen molar-refractivity contribution in [3.05, 3.63) is 95.1 Å². The summed E-state index contributed by atoms with van der Waals surface area (Å²) in [6, 6.07) is 24.0. The molecule has 0 radical (unpaired) electrons. The van der Waals surface area contributed by atoms with Gasteiger partial charge in [-0.3, -0.25) is 0 Å². The highest BCUT2D eigenvalue weighted by Gasteiger charge is 2.07. The van der Waals surface area contributed by atoms with E-state index in [9.17, 15) is 0 Å². The second-order valence-electron chi connectivity index (χ2n) is 6.47. The minimum atomic E-state index is 0.794. The van der Waals surface area contributed by atoms with Gasteiger partial charge in [0.05, 0.1) is 5.02 Å². The largest absolute Gasteiger partial charge is 0.457 e. The zero-order valence-corrected chi connectivity index (χ0v) is 15.7. The van der Waals surface area contributed by atoms with Crippen LogP contribution in [0.4, 0.5) is 0 Å². The summed E-state index contributed by atoms with van der Waals surface area (Å²) in [5.41, 5.74) is 3.52. The fourth-order valence-corrected chi connectivity index (χ4v) is 3.50. The topological polar surface area (TPSA) is 37.0 Å². The molecule has 0 unspecified atom stereocenters. The summed E-state index contributed by atoms with van der Waals surface area (Å²) in [7, 11) is 0. The number of hydrogen-bond acceptors (Lipinski definition) is 2. The molecule has 1 heterocycles. The predicted molar refractivity (Wildman–Crippen MR) is 112 cm³/mol. The number of halogens is 1. The molecule has 0 bridgehead atoms. The molecule has 0 saturated carbocycles. The molecule has 0 aliphatic heterocycles. The zero-order chi connectivity index (χ0) is 18.5. The van der Waals surface area contributed by atoms with Crippen LogP contribution in [0, 0.1) is 0 Å².